The van der Waals surface area contributed by atoms with Crippen molar-refractivity contribution in [2.75, 3.05) is 22.9 Å². The fourth-order valence-electron chi connectivity index (χ4n) is 3.00. The van der Waals surface area contributed by atoms with Crippen molar-refractivity contribution >= 4 is 27.3 Å². The molecule has 0 aliphatic heterocycles. The average molecular weight is 425 g/mol. The monoisotopic (exact) mass is 424 g/mol. The number of hydrogen-bond acceptors (Lipinski definition) is 4. The fourth-order valence-corrected chi connectivity index (χ4v) is 4.05. The molecule has 0 bridgehead atoms. The number of anilines is 2. The van der Waals surface area contributed by atoms with Crippen LogP contribution in [0.15, 0.2) is 78.9 Å². The maximum Gasteiger partial charge on any atom is 0.233 e. The second-order valence-electron chi connectivity index (χ2n) is 6.77. The Kier molecular flexibility index (Phi) is 7.08. The predicted octanol–water partition coefficient (Wildman–Crippen LogP) is 4.06. The van der Waals surface area contributed by atoms with E-state index < -0.39 is 10.0 Å². The van der Waals surface area contributed by atoms with Crippen LogP contribution in [-0.2, 0) is 21.2 Å². The summed E-state index contributed by atoms with van der Waals surface area (Å²) >= 11 is 0. The second-order valence-corrected chi connectivity index (χ2v) is 8.62. The number of rotatable bonds is 9. The third-order valence-corrected chi connectivity index (χ3v) is 5.73. The van der Waals surface area contributed by atoms with E-state index in [4.69, 9.17) is 4.74 Å². The molecule has 0 aliphatic rings. The minimum atomic E-state index is -3.61. The maximum atomic E-state index is 12.3. The number of carbonyl (C=O) groups is 1. The SMILES string of the molecule is COc1ccc(NC(=O)CCS(=O)(=O)Nc2ccccc2)cc1Cc1ccccc1. The molecule has 7 heteroatoms. The van der Waals surface area contributed by atoms with Gasteiger partial charge in [-0.3, -0.25) is 9.52 Å². The van der Waals surface area contributed by atoms with E-state index in [-0.39, 0.29) is 18.1 Å². The number of ether oxygens (including phenoxy) is 1. The summed E-state index contributed by atoms with van der Waals surface area (Å²) in [7, 11) is -2.01. The van der Waals surface area contributed by atoms with Gasteiger partial charge in [0.05, 0.1) is 12.9 Å². The van der Waals surface area contributed by atoms with Gasteiger partial charge < -0.3 is 10.1 Å². The van der Waals surface area contributed by atoms with Gasteiger partial charge >= 0.3 is 0 Å². The molecule has 1 amide bonds. The molecule has 0 saturated heterocycles. The van der Waals surface area contributed by atoms with Gasteiger partial charge in [0.15, 0.2) is 0 Å². The molecule has 30 heavy (non-hydrogen) atoms. The molecular weight excluding hydrogens is 400 g/mol. The Bertz CT molecular complexity index is 1080. The zero-order chi connectivity index (χ0) is 21.4. The van der Waals surface area contributed by atoms with Crippen LogP contribution in [0.4, 0.5) is 11.4 Å². The van der Waals surface area contributed by atoms with E-state index in [0.717, 1.165) is 16.9 Å². The van der Waals surface area contributed by atoms with Gasteiger partial charge in [0.2, 0.25) is 15.9 Å². The second kappa shape index (κ2) is 9.93. The van der Waals surface area contributed by atoms with E-state index in [1.165, 1.54) is 0 Å². The number of carbonyl (C=O) groups excluding carboxylic acids is 1. The van der Waals surface area contributed by atoms with Crippen molar-refractivity contribution < 1.29 is 17.9 Å². The molecule has 0 spiro atoms. The normalized spacial score (nSPS) is 11.0. The van der Waals surface area contributed by atoms with Gasteiger partial charge in [0, 0.05) is 29.8 Å². The van der Waals surface area contributed by atoms with Gasteiger partial charge in [-0.2, -0.15) is 0 Å². The summed E-state index contributed by atoms with van der Waals surface area (Å²) < 4.78 is 32.3. The summed E-state index contributed by atoms with van der Waals surface area (Å²) in [5, 5.41) is 2.77. The standard InChI is InChI=1S/C23H24N2O4S/c1-29-22-13-12-21(17-19(22)16-18-8-4-2-5-9-18)24-23(26)14-15-30(27,28)25-20-10-6-3-7-11-20/h2-13,17,25H,14-16H2,1H3,(H,24,26). The number of methoxy groups -OCH3 is 1. The lowest BCUT2D eigenvalue weighted by Crippen LogP contribution is -2.22. The quantitative estimate of drug-likeness (QED) is 0.543. The van der Waals surface area contributed by atoms with Crippen LogP contribution >= 0.6 is 0 Å². The minimum Gasteiger partial charge on any atom is -0.496 e. The summed E-state index contributed by atoms with van der Waals surface area (Å²) in [6.45, 7) is 0. The summed E-state index contributed by atoms with van der Waals surface area (Å²) in [6, 6.07) is 23.9. The lowest BCUT2D eigenvalue weighted by molar-refractivity contribution is -0.115. The Hall–Kier alpha value is -3.32. The molecule has 6 nitrogen and oxygen atoms in total. The lowest BCUT2D eigenvalue weighted by Gasteiger charge is -2.12. The Morgan fingerprint density at radius 2 is 1.57 bits per heavy atom. The first kappa shape index (κ1) is 21.4. The number of hydrogen-bond donors (Lipinski definition) is 2. The highest BCUT2D eigenvalue weighted by Crippen LogP contribution is 2.25. The molecule has 0 aromatic heterocycles. The molecule has 3 aromatic rings. The first-order chi connectivity index (χ1) is 14.4. The Balaban J connectivity index is 1.61. The number of amides is 1. The highest BCUT2D eigenvalue weighted by Gasteiger charge is 2.14. The summed E-state index contributed by atoms with van der Waals surface area (Å²) in [5.74, 6) is 0.0524. The van der Waals surface area contributed by atoms with Crippen molar-refractivity contribution in [1.29, 1.82) is 0 Å². The molecule has 0 unspecified atom stereocenters. The molecule has 0 fully saturated rings. The van der Waals surface area contributed by atoms with Crippen molar-refractivity contribution in [2.24, 2.45) is 0 Å². The Labute approximate surface area is 177 Å². The van der Waals surface area contributed by atoms with Gasteiger partial charge in [-0.05, 0) is 35.9 Å². The van der Waals surface area contributed by atoms with Crippen molar-refractivity contribution in [3.8, 4) is 5.75 Å². The van der Waals surface area contributed by atoms with Crippen LogP contribution in [0, 0.1) is 0 Å². The first-order valence-electron chi connectivity index (χ1n) is 9.51. The van der Waals surface area contributed by atoms with Crippen molar-refractivity contribution in [2.45, 2.75) is 12.8 Å². The zero-order valence-corrected chi connectivity index (χ0v) is 17.5. The van der Waals surface area contributed by atoms with E-state index in [1.807, 2.05) is 36.4 Å². The van der Waals surface area contributed by atoms with Gasteiger partial charge in [-0.25, -0.2) is 8.42 Å². The van der Waals surface area contributed by atoms with Crippen molar-refractivity contribution in [3.63, 3.8) is 0 Å². The summed E-state index contributed by atoms with van der Waals surface area (Å²) in [4.78, 5) is 12.3. The van der Waals surface area contributed by atoms with Gasteiger partial charge in [-0.1, -0.05) is 48.5 Å². The number of benzene rings is 3. The minimum absolute atomic E-state index is 0.151. The van der Waals surface area contributed by atoms with E-state index in [9.17, 15) is 13.2 Å². The third-order valence-electron chi connectivity index (χ3n) is 4.45. The number of nitrogens with one attached hydrogen (secondary N) is 2. The highest BCUT2D eigenvalue weighted by atomic mass is 32.2. The third kappa shape index (κ3) is 6.35. The van der Waals surface area contributed by atoms with Gasteiger partial charge in [0.25, 0.3) is 0 Å². The lowest BCUT2D eigenvalue weighted by atomic mass is 10.0. The topological polar surface area (TPSA) is 84.5 Å². The first-order valence-corrected chi connectivity index (χ1v) is 11.2. The van der Waals surface area contributed by atoms with E-state index >= 15 is 0 Å². The van der Waals surface area contributed by atoms with E-state index in [2.05, 4.69) is 10.0 Å². The van der Waals surface area contributed by atoms with Crippen LogP contribution in [0.25, 0.3) is 0 Å². The van der Waals surface area contributed by atoms with Crippen molar-refractivity contribution in [1.82, 2.24) is 0 Å². The average Bonchev–Trinajstić information content (AvgIpc) is 2.74. The predicted molar refractivity (Wildman–Crippen MR) is 119 cm³/mol. The number of sulfonamides is 1. The molecule has 0 radical (unpaired) electrons. The Morgan fingerprint density at radius 1 is 0.900 bits per heavy atom. The van der Waals surface area contributed by atoms with E-state index in [1.54, 1.807) is 49.6 Å². The van der Waals surface area contributed by atoms with Gasteiger partial charge in [0.1, 0.15) is 5.75 Å². The molecular formula is C23H24N2O4S. The van der Waals surface area contributed by atoms with Crippen LogP contribution in [0.5, 0.6) is 5.75 Å². The molecule has 156 valence electrons. The van der Waals surface area contributed by atoms with Crippen LogP contribution < -0.4 is 14.8 Å². The van der Waals surface area contributed by atoms with Crippen LogP contribution in [0.1, 0.15) is 17.5 Å². The maximum absolute atomic E-state index is 12.3. The zero-order valence-electron chi connectivity index (χ0n) is 16.7. The van der Waals surface area contributed by atoms with Gasteiger partial charge in [-0.15, -0.1) is 0 Å². The molecule has 3 rings (SSSR count). The fraction of sp³-hybridized carbons (Fsp3) is 0.174. The van der Waals surface area contributed by atoms with Crippen LogP contribution in [0.3, 0.4) is 0 Å². The van der Waals surface area contributed by atoms with Crippen LogP contribution in [0.2, 0.25) is 0 Å². The van der Waals surface area contributed by atoms with Crippen molar-refractivity contribution in [3.05, 3.63) is 90.0 Å². The molecule has 0 aliphatic carbocycles. The molecule has 0 saturated carbocycles. The van der Waals surface area contributed by atoms with E-state index in [0.29, 0.717) is 17.8 Å². The largest absolute Gasteiger partial charge is 0.496 e. The smallest absolute Gasteiger partial charge is 0.233 e. The number of para-hydroxylation sites is 1. The molecule has 0 heterocycles. The molecule has 0 atom stereocenters. The highest BCUT2D eigenvalue weighted by molar-refractivity contribution is 7.92. The summed E-state index contributed by atoms with van der Waals surface area (Å²) in [5.41, 5.74) is 3.12. The molecule has 3 aromatic carbocycles. The summed E-state index contributed by atoms with van der Waals surface area (Å²) in [6.07, 6.45) is 0.505. The molecule has 2 N–H and O–H groups in total. The van der Waals surface area contributed by atoms with Crippen LogP contribution in [-0.4, -0.2) is 27.2 Å². The Morgan fingerprint density at radius 3 is 2.23 bits per heavy atom.